The SMILES string of the molecule is C=C(C)C(=O)OCCCCCCOc1ccc(C(=O)Oc2ccc(C(=O)OCCCCCCOC(=O)CCC)cc2)cc1. The fourth-order valence-electron chi connectivity index (χ4n) is 3.82. The smallest absolute Gasteiger partial charge is 0.343 e. The molecule has 9 nitrogen and oxygen atoms in total. The van der Waals surface area contributed by atoms with Crippen molar-refractivity contribution in [2.75, 3.05) is 26.4 Å². The van der Waals surface area contributed by atoms with Crippen molar-refractivity contribution in [3.8, 4) is 11.5 Å². The average molecular weight is 597 g/mol. The summed E-state index contributed by atoms with van der Waals surface area (Å²) in [6.07, 6.45) is 8.06. The molecule has 234 valence electrons. The Labute approximate surface area is 254 Å². The molecule has 2 rings (SSSR count). The van der Waals surface area contributed by atoms with Crippen LogP contribution in [-0.2, 0) is 23.8 Å². The molecule has 0 fully saturated rings. The molecule has 0 amide bonds. The van der Waals surface area contributed by atoms with Crippen LogP contribution in [0, 0.1) is 0 Å². The summed E-state index contributed by atoms with van der Waals surface area (Å²) in [5.41, 5.74) is 1.15. The first-order valence-electron chi connectivity index (χ1n) is 15.0. The third-order valence-electron chi connectivity index (χ3n) is 6.27. The minimum absolute atomic E-state index is 0.158. The quantitative estimate of drug-likeness (QED) is 0.0493. The Morgan fingerprint density at radius 3 is 1.65 bits per heavy atom. The molecule has 0 aliphatic heterocycles. The van der Waals surface area contributed by atoms with E-state index >= 15 is 0 Å². The maximum Gasteiger partial charge on any atom is 0.343 e. The van der Waals surface area contributed by atoms with E-state index in [-0.39, 0.29) is 11.9 Å². The normalized spacial score (nSPS) is 10.5. The minimum Gasteiger partial charge on any atom is -0.494 e. The fourth-order valence-corrected chi connectivity index (χ4v) is 3.82. The van der Waals surface area contributed by atoms with Gasteiger partial charge in [0, 0.05) is 12.0 Å². The lowest BCUT2D eigenvalue weighted by molar-refractivity contribution is -0.144. The average Bonchev–Trinajstić information content (AvgIpc) is 3.00. The molecule has 0 atom stereocenters. The Hall–Kier alpha value is -4.14. The number of unbranched alkanes of at least 4 members (excludes halogenated alkanes) is 6. The number of carbonyl (C=O) groups is 4. The van der Waals surface area contributed by atoms with Gasteiger partial charge < -0.3 is 23.7 Å². The van der Waals surface area contributed by atoms with Gasteiger partial charge in [-0.25, -0.2) is 14.4 Å². The van der Waals surface area contributed by atoms with Crippen molar-refractivity contribution < 1.29 is 42.9 Å². The van der Waals surface area contributed by atoms with Crippen LogP contribution in [0.3, 0.4) is 0 Å². The Balaban J connectivity index is 1.60. The van der Waals surface area contributed by atoms with Crippen molar-refractivity contribution in [1.29, 1.82) is 0 Å². The van der Waals surface area contributed by atoms with E-state index in [1.165, 1.54) is 0 Å². The number of ether oxygens (including phenoxy) is 5. The second-order valence-electron chi connectivity index (χ2n) is 10.1. The monoisotopic (exact) mass is 596 g/mol. The van der Waals surface area contributed by atoms with Gasteiger partial charge in [0.1, 0.15) is 11.5 Å². The summed E-state index contributed by atoms with van der Waals surface area (Å²) in [7, 11) is 0. The number of hydrogen-bond donors (Lipinski definition) is 0. The van der Waals surface area contributed by atoms with Crippen LogP contribution >= 0.6 is 0 Å². The molecule has 0 N–H and O–H groups in total. The van der Waals surface area contributed by atoms with E-state index in [2.05, 4.69) is 6.58 Å². The topological polar surface area (TPSA) is 114 Å². The van der Waals surface area contributed by atoms with Gasteiger partial charge in [-0.05, 0) is 113 Å². The van der Waals surface area contributed by atoms with Gasteiger partial charge in [0.2, 0.25) is 0 Å². The zero-order valence-corrected chi connectivity index (χ0v) is 25.4. The van der Waals surface area contributed by atoms with Crippen molar-refractivity contribution in [2.24, 2.45) is 0 Å². The van der Waals surface area contributed by atoms with Gasteiger partial charge in [-0.3, -0.25) is 4.79 Å². The lowest BCUT2D eigenvalue weighted by Gasteiger charge is -2.09. The summed E-state index contributed by atoms with van der Waals surface area (Å²) in [5.74, 6) is -0.500. The third-order valence-corrected chi connectivity index (χ3v) is 6.27. The molecular formula is C34H44O9. The highest BCUT2D eigenvalue weighted by Crippen LogP contribution is 2.18. The molecule has 0 radical (unpaired) electrons. The van der Waals surface area contributed by atoms with Crippen LogP contribution in [0.15, 0.2) is 60.7 Å². The second-order valence-corrected chi connectivity index (χ2v) is 10.1. The molecular weight excluding hydrogens is 552 g/mol. The van der Waals surface area contributed by atoms with Crippen molar-refractivity contribution in [3.63, 3.8) is 0 Å². The Morgan fingerprint density at radius 2 is 1.09 bits per heavy atom. The Bertz CT molecular complexity index is 1150. The summed E-state index contributed by atoms with van der Waals surface area (Å²) >= 11 is 0. The van der Waals surface area contributed by atoms with Gasteiger partial charge in [-0.2, -0.15) is 0 Å². The molecule has 0 spiro atoms. The van der Waals surface area contributed by atoms with Crippen molar-refractivity contribution in [3.05, 3.63) is 71.8 Å². The first-order chi connectivity index (χ1) is 20.8. The van der Waals surface area contributed by atoms with Gasteiger partial charge in [-0.1, -0.05) is 13.5 Å². The predicted molar refractivity (Wildman–Crippen MR) is 162 cm³/mol. The fraction of sp³-hybridized carbons (Fsp3) is 0.471. The van der Waals surface area contributed by atoms with Crippen molar-refractivity contribution in [1.82, 2.24) is 0 Å². The Morgan fingerprint density at radius 1 is 0.605 bits per heavy atom. The number of esters is 4. The molecule has 0 aliphatic rings. The summed E-state index contributed by atoms with van der Waals surface area (Å²) in [6.45, 7) is 8.78. The summed E-state index contributed by atoms with van der Waals surface area (Å²) in [5, 5.41) is 0. The molecule has 2 aromatic rings. The molecule has 2 aromatic carbocycles. The molecule has 9 heteroatoms. The highest BCUT2D eigenvalue weighted by atomic mass is 16.5. The van der Waals surface area contributed by atoms with Crippen molar-refractivity contribution in [2.45, 2.75) is 78.1 Å². The molecule has 0 saturated carbocycles. The first-order valence-corrected chi connectivity index (χ1v) is 15.0. The number of carbonyl (C=O) groups excluding carboxylic acids is 4. The minimum atomic E-state index is -0.519. The summed E-state index contributed by atoms with van der Waals surface area (Å²) in [4.78, 5) is 47.4. The van der Waals surface area contributed by atoms with Gasteiger partial charge in [0.25, 0.3) is 0 Å². The van der Waals surface area contributed by atoms with E-state index in [1.54, 1.807) is 55.5 Å². The molecule has 0 heterocycles. The third kappa shape index (κ3) is 15.1. The number of hydrogen-bond acceptors (Lipinski definition) is 9. The lowest BCUT2D eigenvalue weighted by Crippen LogP contribution is -2.09. The van der Waals surface area contributed by atoms with Gasteiger partial charge in [0.15, 0.2) is 0 Å². The van der Waals surface area contributed by atoms with Crippen LogP contribution in [0.1, 0.15) is 98.8 Å². The van der Waals surface area contributed by atoms with Crippen LogP contribution < -0.4 is 9.47 Å². The van der Waals surface area contributed by atoms with E-state index in [1.807, 2.05) is 6.92 Å². The molecule has 0 aromatic heterocycles. The van der Waals surface area contributed by atoms with E-state index in [0.29, 0.717) is 61.0 Å². The first kappa shape index (κ1) is 35.1. The molecule has 43 heavy (non-hydrogen) atoms. The molecule has 0 saturated heterocycles. The highest BCUT2D eigenvalue weighted by Gasteiger charge is 2.11. The Kier molecular flexibility index (Phi) is 16.9. The van der Waals surface area contributed by atoms with E-state index in [4.69, 9.17) is 23.7 Å². The van der Waals surface area contributed by atoms with Crippen LogP contribution in [0.2, 0.25) is 0 Å². The summed E-state index contributed by atoms with van der Waals surface area (Å²) < 4.78 is 26.6. The predicted octanol–water partition coefficient (Wildman–Crippen LogP) is 7.02. The van der Waals surface area contributed by atoms with E-state index < -0.39 is 11.9 Å². The maximum absolute atomic E-state index is 12.5. The van der Waals surface area contributed by atoms with Crippen LogP contribution in [0.5, 0.6) is 11.5 Å². The van der Waals surface area contributed by atoms with Crippen molar-refractivity contribution >= 4 is 23.9 Å². The van der Waals surface area contributed by atoms with Gasteiger partial charge in [-0.15, -0.1) is 0 Å². The standard InChI is InChI=1S/C34H44O9/c1-4-13-31(35)40-23-10-6-8-12-25-42-33(37)27-16-20-30(21-17-27)43-34(38)28-14-18-29(19-15-28)39-22-9-5-7-11-24-41-32(36)26(2)3/h14-21H,2,4-13,22-25H2,1,3H3. The number of rotatable bonds is 21. The molecule has 0 aliphatic carbocycles. The van der Waals surface area contributed by atoms with Crippen LogP contribution in [0.25, 0.3) is 0 Å². The largest absolute Gasteiger partial charge is 0.494 e. The summed E-state index contributed by atoms with van der Waals surface area (Å²) in [6, 6.07) is 12.9. The second kappa shape index (κ2) is 20.7. The van der Waals surface area contributed by atoms with E-state index in [0.717, 1.165) is 57.8 Å². The molecule has 0 bridgehead atoms. The lowest BCUT2D eigenvalue weighted by atomic mass is 10.2. The van der Waals surface area contributed by atoms with Crippen LogP contribution in [-0.4, -0.2) is 50.3 Å². The zero-order chi connectivity index (χ0) is 31.3. The van der Waals surface area contributed by atoms with Crippen LogP contribution in [0.4, 0.5) is 0 Å². The maximum atomic E-state index is 12.5. The molecule has 0 unspecified atom stereocenters. The highest BCUT2D eigenvalue weighted by molar-refractivity contribution is 5.92. The van der Waals surface area contributed by atoms with E-state index in [9.17, 15) is 19.2 Å². The van der Waals surface area contributed by atoms with Gasteiger partial charge >= 0.3 is 23.9 Å². The zero-order valence-electron chi connectivity index (χ0n) is 25.4. The number of benzene rings is 2. The van der Waals surface area contributed by atoms with Gasteiger partial charge in [0.05, 0.1) is 37.6 Å².